The molecule has 0 aliphatic carbocycles. The molecule has 3 aromatic rings. The van der Waals surface area contributed by atoms with Gasteiger partial charge in [-0.15, -0.1) is 0 Å². The Kier molecular flexibility index (Phi) is 7.98. The second-order valence-corrected chi connectivity index (χ2v) is 7.66. The van der Waals surface area contributed by atoms with Crippen LogP contribution in [-0.2, 0) is 6.61 Å². The average molecular weight is 473 g/mol. The van der Waals surface area contributed by atoms with E-state index in [0.717, 1.165) is 16.7 Å². The van der Waals surface area contributed by atoms with Gasteiger partial charge in [0.05, 0.1) is 36.0 Å². The lowest BCUT2D eigenvalue weighted by atomic mass is 10.1. The predicted octanol–water partition coefficient (Wildman–Crippen LogP) is 5.66. The normalized spacial score (nSPS) is 10.8. The van der Waals surface area contributed by atoms with Gasteiger partial charge in [-0.3, -0.25) is 4.79 Å². The van der Waals surface area contributed by atoms with Crippen LogP contribution in [0.3, 0.4) is 0 Å². The van der Waals surface area contributed by atoms with Crippen molar-refractivity contribution < 1.29 is 19.0 Å². The second kappa shape index (κ2) is 10.9. The van der Waals surface area contributed by atoms with E-state index in [1.165, 1.54) is 13.3 Å². The fourth-order valence-electron chi connectivity index (χ4n) is 2.89. The zero-order chi connectivity index (χ0) is 23.1. The summed E-state index contributed by atoms with van der Waals surface area (Å²) in [5.41, 5.74) is 5.50. The van der Waals surface area contributed by atoms with Crippen LogP contribution in [-0.4, -0.2) is 26.3 Å². The molecule has 0 aliphatic rings. The van der Waals surface area contributed by atoms with Crippen LogP contribution in [0.4, 0.5) is 0 Å². The molecular weight excluding hydrogens is 451 g/mol. The number of carbonyl (C=O) groups excluding carboxylic acids is 1. The van der Waals surface area contributed by atoms with Gasteiger partial charge in [0.1, 0.15) is 12.4 Å². The molecule has 0 unspecified atom stereocenters. The molecule has 8 heteroatoms. The standard InChI is InChI=1S/C24H22Cl2N2O4/c1-15-4-7-18(22(10-15)30-2)24(29)28-27-13-16-6-9-21(23(12-16)31-3)32-14-17-5-8-19(25)20(26)11-17/h4-13H,14H2,1-3H3,(H,28,29)/b27-13-. The summed E-state index contributed by atoms with van der Waals surface area (Å²) in [7, 11) is 3.07. The van der Waals surface area contributed by atoms with E-state index in [9.17, 15) is 4.79 Å². The summed E-state index contributed by atoms with van der Waals surface area (Å²) in [5.74, 6) is 1.21. The molecule has 1 amide bonds. The highest BCUT2D eigenvalue weighted by atomic mass is 35.5. The van der Waals surface area contributed by atoms with E-state index in [-0.39, 0.29) is 5.91 Å². The Bertz CT molecular complexity index is 1150. The van der Waals surface area contributed by atoms with Crippen LogP contribution in [0, 0.1) is 6.92 Å². The van der Waals surface area contributed by atoms with Crippen molar-refractivity contribution in [3.63, 3.8) is 0 Å². The molecular formula is C24H22Cl2N2O4. The number of methoxy groups -OCH3 is 2. The van der Waals surface area contributed by atoms with Crippen LogP contribution in [0.25, 0.3) is 0 Å². The molecule has 0 atom stereocenters. The summed E-state index contributed by atoms with van der Waals surface area (Å²) in [6, 6.07) is 16.0. The van der Waals surface area contributed by atoms with Crippen LogP contribution in [0.15, 0.2) is 59.7 Å². The number of nitrogens with zero attached hydrogens (tertiary/aromatic N) is 1. The number of nitrogens with one attached hydrogen (secondary N) is 1. The minimum atomic E-state index is -0.369. The number of ether oxygens (including phenoxy) is 3. The Morgan fingerprint density at radius 3 is 2.44 bits per heavy atom. The first-order valence-corrected chi connectivity index (χ1v) is 10.4. The highest BCUT2D eigenvalue weighted by Crippen LogP contribution is 2.29. The van der Waals surface area contributed by atoms with E-state index in [0.29, 0.717) is 39.5 Å². The lowest BCUT2D eigenvalue weighted by Crippen LogP contribution is -2.18. The van der Waals surface area contributed by atoms with Gasteiger partial charge in [0.2, 0.25) is 0 Å². The van der Waals surface area contributed by atoms with Gasteiger partial charge in [0, 0.05) is 0 Å². The van der Waals surface area contributed by atoms with E-state index in [1.807, 2.05) is 19.1 Å². The van der Waals surface area contributed by atoms with Crippen molar-refractivity contribution in [2.75, 3.05) is 14.2 Å². The van der Waals surface area contributed by atoms with Crippen molar-refractivity contribution in [3.05, 3.63) is 86.9 Å². The quantitative estimate of drug-likeness (QED) is 0.339. The van der Waals surface area contributed by atoms with E-state index < -0.39 is 0 Å². The first-order chi connectivity index (χ1) is 15.4. The molecule has 0 heterocycles. The van der Waals surface area contributed by atoms with Gasteiger partial charge < -0.3 is 14.2 Å². The van der Waals surface area contributed by atoms with Gasteiger partial charge in [-0.05, 0) is 66.1 Å². The average Bonchev–Trinajstić information content (AvgIpc) is 2.79. The fraction of sp³-hybridized carbons (Fsp3) is 0.167. The minimum Gasteiger partial charge on any atom is -0.496 e. The maximum absolute atomic E-state index is 12.4. The molecule has 1 N–H and O–H groups in total. The summed E-state index contributed by atoms with van der Waals surface area (Å²) < 4.78 is 16.5. The Morgan fingerprint density at radius 1 is 0.938 bits per heavy atom. The van der Waals surface area contributed by atoms with Crippen molar-refractivity contribution >= 4 is 35.3 Å². The molecule has 0 saturated carbocycles. The third-order valence-electron chi connectivity index (χ3n) is 4.55. The van der Waals surface area contributed by atoms with E-state index in [4.69, 9.17) is 37.4 Å². The monoisotopic (exact) mass is 472 g/mol. The number of rotatable bonds is 8. The van der Waals surface area contributed by atoms with Gasteiger partial charge in [0.15, 0.2) is 11.5 Å². The summed E-state index contributed by atoms with van der Waals surface area (Å²) in [6.07, 6.45) is 1.52. The van der Waals surface area contributed by atoms with Crippen LogP contribution in [0.5, 0.6) is 17.2 Å². The van der Waals surface area contributed by atoms with Crippen LogP contribution in [0.1, 0.15) is 27.0 Å². The lowest BCUT2D eigenvalue weighted by molar-refractivity contribution is 0.0952. The summed E-state index contributed by atoms with van der Waals surface area (Å²) >= 11 is 12.0. The molecule has 0 saturated heterocycles. The molecule has 3 aromatic carbocycles. The smallest absolute Gasteiger partial charge is 0.275 e. The van der Waals surface area contributed by atoms with Crippen LogP contribution < -0.4 is 19.6 Å². The van der Waals surface area contributed by atoms with Crippen molar-refractivity contribution in [2.24, 2.45) is 5.10 Å². The minimum absolute atomic E-state index is 0.301. The van der Waals surface area contributed by atoms with E-state index in [2.05, 4.69) is 10.5 Å². The molecule has 0 bridgehead atoms. The lowest BCUT2D eigenvalue weighted by Gasteiger charge is -2.12. The topological polar surface area (TPSA) is 69.2 Å². The molecule has 3 rings (SSSR count). The van der Waals surface area contributed by atoms with Crippen molar-refractivity contribution in [1.29, 1.82) is 0 Å². The Balaban J connectivity index is 1.65. The summed E-state index contributed by atoms with van der Waals surface area (Å²) in [4.78, 5) is 12.4. The highest BCUT2D eigenvalue weighted by Gasteiger charge is 2.11. The zero-order valence-corrected chi connectivity index (χ0v) is 19.3. The van der Waals surface area contributed by atoms with Gasteiger partial charge in [-0.2, -0.15) is 5.10 Å². The third-order valence-corrected chi connectivity index (χ3v) is 5.29. The number of hydrogen-bond donors (Lipinski definition) is 1. The maximum Gasteiger partial charge on any atom is 0.275 e. The third kappa shape index (κ3) is 5.93. The van der Waals surface area contributed by atoms with E-state index in [1.54, 1.807) is 49.6 Å². The molecule has 32 heavy (non-hydrogen) atoms. The number of halogens is 2. The van der Waals surface area contributed by atoms with Gasteiger partial charge in [-0.1, -0.05) is 35.3 Å². The van der Waals surface area contributed by atoms with Crippen molar-refractivity contribution in [3.8, 4) is 17.2 Å². The van der Waals surface area contributed by atoms with Crippen molar-refractivity contribution in [1.82, 2.24) is 5.43 Å². The maximum atomic E-state index is 12.4. The number of hydrogen-bond acceptors (Lipinski definition) is 5. The fourth-order valence-corrected chi connectivity index (χ4v) is 3.21. The molecule has 0 radical (unpaired) electrons. The summed E-state index contributed by atoms with van der Waals surface area (Å²) in [5, 5.41) is 4.99. The van der Waals surface area contributed by atoms with Gasteiger partial charge in [0.25, 0.3) is 5.91 Å². The summed E-state index contributed by atoms with van der Waals surface area (Å²) in [6.45, 7) is 2.23. The number of hydrazone groups is 1. The Hall–Kier alpha value is -3.22. The number of carbonyl (C=O) groups is 1. The van der Waals surface area contributed by atoms with E-state index >= 15 is 0 Å². The number of aryl methyl sites for hydroxylation is 1. The Labute approximate surface area is 196 Å². The zero-order valence-electron chi connectivity index (χ0n) is 17.8. The van der Waals surface area contributed by atoms with Crippen LogP contribution in [0.2, 0.25) is 10.0 Å². The highest BCUT2D eigenvalue weighted by molar-refractivity contribution is 6.42. The van der Waals surface area contributed by atoms with Crippen molar-refractivity contribution in [2.45, 2.75) is 13.5 Å². The first kappa shape index (κ1) is 23.4. The van der Waals surface area contributed by atoms with Gasteiger partial charge in [-0.25, -0.2) is 5.43 Å². The number of amides is 1. The number of benzene rings is 3. The molecule has 0 aromatic heterocycles. The molecule has 166 valence electrons. The Morgan fingerprint density at radius 2 is 1.72 bits per heavy atom. The molecule has 0 aliphatic heterocycles. The predicted molar refractivity (Wildman–Crippen MR) is 127 cm³/mol. The molecule has 0 fully saturated rings. The van der Waals surface area contributed by atoms with Gasteiger partial charge >= 0.3 is 0 Å². The SMILES string of the molecule is COc1cc(/C=N\NC(=O)c2ccc(C)cc2OC)ccc1OCc1ccc(Cl)c(Cl)c1. The first-order valence-electron chi connectivity index (χ1n) is 9.64. The second-order valence-electron chi connectivity index (χ2n) is 6.85. The van der Waals surface area contributed by atoms with Crippen LogP contribution >= 0.6 is 23.2 Å². The molecule has 6 nitrogen and oxygen atoms in total. The molecule has 0 spiro atoms. The largest absolute Gasteiger partial charge is 0.496 e.